The number of ether oxygens (including phenoxy) is 1. The van der Waals surface area contributed by atoms with Gasteiger partial charge in [-0.05, 0) is 43.0 Å². The van der Waals surface area contributed by atoms with Gasteiger partial charge in [-0.2, -0.15) is 5.26 Å². The third-order valence-corrected chi connectivity index (χ3v) is 3.48. The number of hydrogen-bond donors (Lipinski definition) is 0. The molecule has 1 aliphatic heterocycles. The molecule has 19 heavy (non-hydrogen) atoms. The fraction of sp³-hybridized carbons (Fsp3) is 0.467. The van der Waals surface area contributed by atoms with Gasteiger partial charge in [0.05, 0.1) is 11.6 Å². The Kier molecular flexibility index (Phi) is 4.40. The molecule has 2 rings (SSSR count). The average Bonchev–Trinajstić information content (AvgIpc) is 2.46. The normalized spacial score (nSPS) is 15.9. The lowest BCUT2D eigenvalue weighted by atomic mass is 9.99. The summed E-state index contributed by atoms with van der Waals surface area (Å²) in [4.78, 5) is 13.8. The van der Waals surface area contributed by atoms with Crippen LogP contribution in [0.4, 0.5) is 0 Å². The molecule has 1 aromatic rings. The molecule has 1 fully saturated rings. The van der Waals surface area contributed by atoms with Crippen molar-refractivity contribution in [3.8, 4) is 11.8 Å². The highest BCUT2D eigenvalue weighted by Crippen LogP contribution is 2.16. The van der Waals surface area contributed by atoms with Crippen molar-refractivity contribution in [1.82, 2.24) is 4.90 Å². The van der Waals surface area contributed by atoms with Crippen molar-refractivity contribution >= 4 is 5.91 Å². The lowest BCUT2D eigenvalue weighted by Crippen LogP contribution is -2.40. The number of carbonyl (C=O) groups is 1. The van der Waals surface area contributed by atoms with Crippen molar-refractivity contribution in [2.75, 3.05) is 19.7 Å². The molecule has 0 aromatic heterocycles. The van der Waals surface area contributed by atoms with E-state index in [-0.39, 0.29) is 12.5 Å². The monoisotopic (exact) mass is 258 g/mol. The molecule has 0 spiro atoms. The second-order valence-corrected chi connectivity index (χ2v) is 4.99. The molecule has 100 valence electrons. The number of rotatable bonds is 3. The number of hydrogen-bond acceptors (Lipinski definition) is 3. The van der Waals surface area contributed by atoms with Crippen LogP contribution in [0.3, 0.4) is 0 Å². The first-order valence-corrected chi connectivity index (χ1v) is 6.60. The molecule has 0 radical (unpaired) electrons. The number of nitriles is 1. The van der Waals surface area contributed by atoms with Crippen molar-refractivity contribution < 1.29 is 9.53 Å². The summed E-state index contributed by atoms with van der Waals surface area (Å²) in [5.74, 6) is 1.37. The zero-order chi connectivity index (χ0) is 13.7. The van der Waals surface area contributed by atoms with Crippen LogP contribution in [0, 0.1) is 17.2 Å². The van der Waals surface area contributed by atoms with Gasteiger partial charge in [0, 0.05) is 13.1 Å². The van der Waals surface area contributed by atoms with Crippen LogP contribution in [-0.2, 0) is 4.79 Å². The zero-order valence-corrected chi connectivity index (χ0v) is 11.1. The second-order valence-electron chi connectivity index (χ2n) is 4.99. The van der Waals surface area contributed by atoms with Crippen LogP contribution in [0.2, 0.25) is 0 Å². The molecule has 0 unspecified atom stereocenters. The molecule has 1 saturated heterocycles. The maximum Gasteiger partial charge on any atom is 0.260 e. The van der Waals surface area contributed by atoms with Crippen LogP contribution < -0.4 is 4.74 Å². The third-order valence-electron chi connectivity index (χ3n) is 3.48. The molecule has 1 amide bonds. The van der Waals surface area contributed by atoms with Gasteiger partial charge >= 0.3 is 0 Å². The van der Waals surface area contributed by atoms with E-state index >= 15 is 0 Å². The van der Waals surface area contributed by atoms with Crippen molar-refractivity contribution in [1.29, 1.82) is 5.26 Å². The number of nitrogens with zero attached hydrogens (tertiary/aromatic N) is 2. The van der Waals surface area contributed by atoms with Crippen molar-refractivity contribution in [3.05, 3.63) is 29.8 Å². The largest absolute Gasteiger partial charge is 0.484 e. The quantitative estimate of drug-likeness (QED) is 0.835. The van der Waals surface area contributed by atoms with Crippen LogP contribution in [0.1, 0.15) is 25.3 Å². The van der Waals surface area contributed by atoms with Gasteiger partial charge in [-0.1, -0.05) is 6.92 Å². The number of likely N-dealkylation sites (tertiary alicyclic amines) is 1. The Morgan fingerprint density at radius 1 is 1.37 bits per heavy atom. The van der Waals surface area contributed by atoms with E-state index in [0.717, 1.165) is 25.9 Å². The smallest absolute Gasteiger partial charge is 0.260 e. The van der Waals surface area contributed by atoms with Gasteiger partial charge < -0.3 is 9.64 Å². The lowest BCUT2D eigenvalue weighted by molar-refractivity contribution is -0.134. The summed E-state index contributed by atoms with van der Waals surface area (Å²) in [6, 6.07) is 8.83. The van der Waals surface area contributed by atoms with Crippen LogP contribution in [0.5, 0.6) is 5.75 Å². The summed E-state index contributed by atoms with van der Waals surface area (Å²) in [6.07, 6.45) is 2.14. The Morgan fingerprint density at radius 2 is 2.00 bits per heavy atom. The summed E-state index contributed by atoms with van der Waals surface area (Å²) < 4.78 is 5.45. The van der Waals surface area contributed by atoms with Gasteiger partial charge in [0.25, 0.3) is 5.91 Å². The summed E-state index contributed by atoms with van der Waals surface area (Å²) >= 11 is 0. The highest BCUT2D eigenvalue weighted by Gasteiger charge is 2.20. The number of amides is 1. The van der Waals surface area contributed by atoms with Crippen molar-refractivity contribution in [2.24, 2.45) is 5.92 Å². The number of benzene rings is 1. The van der Waals surface area contributed by atoms with E-state index in [2.05, 4.69) is 6.92 Å². The molecular weight excluding hydrogens is 240 g/mol. The molecular formula is C15H18N2O2. The van der Waals surface area contributed by atoms with E-state index in [1.165, 1.54) is 0 Å². The zero-order valence-electron chi connectivity index (χ0n) is 11.1. The molecule has 0 aliphatic carbocycles. The minimum atomic E-state index is 0.0382. The van der Waals surface area contributed by atoms with Crippen LogP contribution >= 0.6 is 0 Å². The summed E-state index contributed by atoms with van der Waals surface area (Å²) in [6.45, 7) is 3.95. The maximum absolute atomic E-state index is 11.9. The van der Waals surface area contributed by atoms with Gasteiger partial charge in [-0.3, -0.25) is 4.79 Å². The van der Waals surface area contributed by atoms with Gasteiger partial charge in [0.2, 0.25) is 0 Å². The molecule has 1 aromatic carbocycles. The molecule has 4 heteroatoms. The van der Waals surface area contributed by atoms with Gasteiger partial charge in [-0.25, -0.2) is 0 Å². The highest BCUT2D eigenvalue weighted by molar-refractivity contribution is 5.77. The molecule has 1 heterocycles. The Balaban J connectivity index is 1.81. The minimum absolute atomic E-state index is 0.0382. The van der Waals surface area contributed by atoms with Crippen molar-refractivity contribution in [2.45, 2.75) is 19.8 Å². The van der Waals surface area contributed by atoms with E-state index in [0.29, 0.717) is 17.2 Å². The standard InChI is InChI=1S/C15H18N2O2/c1-12-6-8-17(9-7-12)15(18)11-19-14-4-2-13(10-16)3-5-14/h2-5,12H,6-9,11H2,1H3. The summed E-state index contributed by atoms with van der Waals surface area (Å²) in [5.41, 5.74) is 0.587. The van der Waals surface area contributed by atoms with E-state index in [4.69, 9.17) is 10.00 Å². The Morgan fingerprint density at radius 3 is 2.58 bits per heavy atom. The van der Waals surface area contributed by atoms with Gasteiger partial charge in [0.15, 0.2) is 6.61 Å². The summed E-state index contributed by atoms with van der Waals surface area (Å²) in [7, 11) is 0. The second kappa shape index (κ2) is 6.24. The SMILES string of the molecule is CC1CCN(C(=O)COc2ccc(C#N)cc2)CC1. The third kappa shape index (κ3) is 3.72. The van der Waals surface area contributed by atoms with Crippen molar-refractivity contribution in [3.63, 3.8) is 0 Å². The fourth-order valence-electron chi connectivity index (χ4n) is 2.12. The van der Waals surface area contributed by atoms with Crippen LogP contribution in [0.15, 0.2) is 24.3 Å². The predicted molar refractivity (Wildman–Crippen MR) is 71.6 cm³/mol. The Labute approximate surface area is 113 Å². The molecule has 4 nitrogen and oxygen atoms in total. The summed E-state index contributed by atoms with van der Waals surface area (Å²) in [5, 5.41) is 8.69. The van der Waals surface area contributed by atoms with E-state index in [1.54, 1.807) is 24.3 Å². The van der Waals surface area contributed by atoms with E-state index in [9.17, 15) is 4.79 Å². The fourth-order valence-corrected chi connectivity index (χ4v) is 2.12. The Hall–Kier alpha value is -2.02. The lowest BCUT2D eigenvalue weighted by Gasteiger charge is -2.30. The first kappa shape index (κ1) is 13.4. The van der Waals surface area contributed by atoms with E-state index < -0.39 is 0 Å². The van der Waals surface area contributed by atoms with Gasteiger partial charge in [0.1, 0.15) is 5.75 Å². The van der Waals surface area contributed by atoms with Gasteiger partial charge in [-0.15, -0.1) is 0 Å². The minimum Gasteiger partial charge on any atom is -0.484 e. The molecule has 0 atom stereocenters. The topological polar surface area (TPSA) is 53.3 Å². The number of piperidine rings is 1. The van der Waals surface area contributed by atoms with Crippen LogP contribution in [-0.4, -0.2) is 30.5 Å². The molecule has 1 aliphatic rings. The van der Waals surface area contributed by atoms with Crippen LogP contribution in [0.25, 0.3) is 0 Å². The first-order valence-electron chi connectivity index (χ1n) is 6.60. The highest BCUT2D eigenvalue weighted by atomic mass is 16.5. The first-order chi connectivity index (χ1) is 9.19. The molecule has 0 N–H and O–H groups in total. The predicted octanol–water partition coefficient (Wildman–Crippen LogP) is 2.20. The average molecular weight is 258 g/mol. The Bertz CT molecular complexity index is 468. The number of carbonyl (C=O) groups excluding carboxylic acids is 1. The maximum atomic E-state index is 11.9. The molecule has 0 bridgehead atoms. The van der Waals surface area contributed by atoms with E-state index in [1.807, 2.05) is 11.0 Å². The molecule has 0 saturated carbocycles.